The molecule has 1 unspecified atom stereocenters. The summed E-state index contributed by atoms with van der Waals surface area (Å²) >= 11 is 0. The lowest BCUT2D eigenvalue weighted by atomic mass is 10.1. The van der Waals surface area contributed by atoms with E-state index in [1.54, 1.807) is 0 Å². The van der Waals surface area contributed by atoms with Gasteiger partial charge in [0, 0.05) is 18.2 Å². The minimum Gasteiger partial charge on any atom is -0.391 e. The van der Waals surface area contributed by atoms with E-state index in [0.717, 1.165) is 24.6 Å². The Kier molecular flexibility index (Phi) is 5.37. The number of carbonyl (C=O) groups is 1. The van der Waals surface area contributed by atoms with Gasteiger partial charge >= 0.3 is 5.69 Å². The van der Waals surface area contributed by atoms with Crippen LogP contribution in [0.25, 0.3) is 0 Å². The number of rotatable bonds is 6. The number of nitro benzene ring substituents is 1. The summed E-state index contributed by atoms with van der Waals surface area (Å²) in [4.78, 5) is 21.3. The molecule has 0 spiro atoms. The number of aliphatic hydroxyl groups is 1. The highest BCUT2D eigenvalue weighted by atomic mass is 19.1. The molecule has 2 N–H and O–H groups in total. The minimum absolute atomic E-state index is 0.0169. The molecule has 7 heteroatoms. The van der Waals surface area contributed by atoms with Gasteiger partial charge < -0.3 is 10.4 Å². The van der Waals surface area contributed by atoms with Crippen LogP contribution in [0.1, 0.15) is 30.1 Å². The molecule has 0 aliphatic rings. The summed E-state index contributed by atoms with van der Waals surface area (Å²) in [6.07, 6.45) is 0.660. The second-order valence-corrected chi connectivity index (χ2v) is 4.08. The van der Waals surface area contributed by atoms with Crippen LogP contribution in [0.15, 0.2) is 18.2 Å². The minimum atomic E-state index is -0.993. The van der Waals surface area contributed by atoms with Crippen molar-refractivity contribution in [2.75, 3.05) is 6.54 Å². The van der Waals surface area contributed by atoms with E-state index in [0.29, 0.717) is 6.42 Å². The van der Waals surface area contributed by atoms with Gasteiger partial charge in [0.2, 0.25) is 5.82 Å². The summed E-state index contributed by atoms with van der Waals surface area (Å²) in [7, 11) is 0. The standard InChI is InChI=1S/C12H15FN2O4/c1-2-3-9(16)7-14-12(17)8-4-5-10(13)11(6-8)15(18)19/h4-6,9,16H,2-3,7H2,1H3,(H,14,17). The molecule has 6 nitrogen and oxygen atoms in total. The van der Waals surface area contributed by atoms with Crippen molar-refractivity contribution in [2.24, 2.45) is 0 Å². The number of nitrogens with zero attached hydrogens (tertiary/aromatic N) is 1. The van der Waals surface area contributed by atoms with Crippen LogP contribution < -0.4 is 5.32 Å². The van der Waals surface area contributed by atoms with Crippen LogP contribution in [0.5, 0.6) is 0 Å². The number of carbonyl (C=O) groups excluding carboxylic acids is 1. The zero-order valence-corrected chi connectivity index (χ0v) is 10.4. The van der Waals surface area contributed by atoms with Gasteiger partial charge in [-0.25, -0.2) is 0 Å². The Morgan fingerprint density at radius 2 is 2.26 bits per heavy atom. The van der Waals surface area contributed by atoms with E-state index >= 15 is 0 Å². The van der Waals surface area contributed by atoms with Crippen LogP contribution >= 0.6 is 0 Å². The molecule has 0 fully saturated rings. The maximum atomic E-state index is 13.1. The monoisotopic (exact) mass is 270 g/mol. The van der Waals surface area contributed by atoms with Crippen molar-refractivity contribution in [2.45, 2.75) is 25.9 Å². The molecule has 19 heavy (non-hydrogen) atoms. The predicted octanol–water partition coefficient (Wildman–Crippen LogP) is 1.62. The van der Waals surface area contributed by atoms with Gasteiger partial charge in [0.25, 0.3) is 5.91 Å². The number of aliphatic hydroxyl groups excluding tert-OH is 1. The summed E-state index contributed by atoms with van der Waals surface area (Å²) in [6.45, 7) is 1.95. The number of hydrogen-bond acceptors (Lipinski definition) is 4. The third-order valence-corrected chi connectivity index (χ3v) is 2.53. The van der Waals surface area contributed by atoms with E-state index < -0.39 is 28.4 Å². The quantitative estimate of drug-likeness (QED) is 0.607. The number of hydrogen-bond donors (Lipinski definition) is 2. The molecule has 104 valence electrons. The van der Waals surface area contributed by atoms with Crippen LogP contribution in [0.3, 0.4) is 0 Å². The number of benzene rings is 1. The third-order valence-electron chi connectivity index (χ3n) is 2.53. The van der Waals surface area contributed by atoms with E-state index in [1.165, 1.54) is 0 Å². The SMILES string of the molecule is CCCC(O)CNC(=O)c1ccc(F)c([N+](=O)[O-])c1. The Morgan fingerprint density at radius 3 is 2.84 bits per heavy atom. The average Bonchev–Trinajstić information content (AvgIpc) is 2.36. The molecule has 0 aliphatic heterocycles. The average molecular weight is 270 g/mol. The number of nitrogens with one attached hydrogen (secondary N) is 1. The Bertz CT molecular complexity index is 479. The fourth-order valence-corrected chi connectivity index (χ4v) is 1.54. The molecule has 0 aliphatic carbocycles. The van der Waals surface area contributed by atoms with E-state index in [4.69, 9.17) is 0 Å². The lowest BCUT2D eigenvalue weighted by molar-refractivity contribution is -0.387. The largest absolute Gasteiger partial charge is 0.391 e. The van der Waals surface area contributed by atoms with E-state index in [1.807, 2.05) is 6.92 Å². The highest BCUT2D eigenvalue weighted by molar-refractivity contribution is 5.94. The maximum Gasteiger partial charge on any atom is 0.305 e. The van der Waals surface area contributed by atoms with Crippen molar-refractivity contribution in [1.82, 2.24) is 5.32 Å². The van der Waals surface area contributed by atoms with Crippen molar-refractivity contribution in [3.05, 3.63) is 39.7 Å². The van der Waals surface area contributed by atoms with Crippen molar-refractivity contribution in [1.29, 1.82) is 0 Å². The van der Waals surface area contributed by atoms with Crippen molar-refractivity contribution < 1.29 is 19.2 Å². The smallest absolute Gasteiger partial charge is 0.305 e. The second-order valence-electron chi connectivity index (χ2n) is 4.08. The van der Waals surface area contributed by atoms with Gasteiger partial charge in [-0.05, 0) is 18.6 Å². The first kappa shape index (κ1) is 15.0. The molecule has 0 heterocycles. The van der Waals surface area contributed by atoms with Crippen molar-refractivity contribution >= 4 is 11.6 Å². The van der Waals surface area contributed by atoms with Crippen molar-refractivity contribution in [3.8, 4) is 0 Å². The Morgan fingerprint density at radius 1 is 1.58 bits per heavy atom. The van der Waals surface area contributed by atoms with Crippen molar-refractivity contribution in [3.63, 3.8) is 0 Å². The van der Waals surface area contributed by atoms with Crippen LogP contribution in [-0.2, 0) is 0 Å². The molecule has 0 saturated carbocycles. The van der Waals surface area contributed by atoms with Gasteiger partial charge in [-0.15, -0.1) is 0 Å². The zero-order chi connectivity index (χ0) is 14.4. The molecular formula is C12H15FN2O4. The number of halogens is 1. The molecule has 1 aromatic rings. The van der Waals surface area contributed by atoms with Crippen LogP contribution in [-0.4, -0.2) is 28.6 Å². The van der Waals surface area contributed by atoms with Gasteiger partial charge in [-0.2, -0.15) is 4.39 Å². The lowest BCUT2D eigenvalue weighted by Crippen LogP contribution is -2.32. The summed E-state index contributed by atoms with van der Waals surface area (Å²) in [5, 5.41) is 22.4. The first-order valence-corrected chi connectivity index (χ1v) is 5.86. The Hall–Kier alpha value is -2.02. The lowest BCUT2D eigenvalue weighted by Gasteiger charge is -2.10. The first-order valence-electron chi connectivity index (χ1n) is 5.86. The van der Waals surface area contributed by atoms with Gasteiger partial charge in [-0.1, -0.05) is 13.3 Å². The fraction of sp³-hybridized carbons (Fsp3) is 0.417. The van der Waals surface area contributed by atoms with Gasteiger partial charge in [0.15, 0.2) is 0 Å². The molecule has 0 radical (unpaired) electrons. The third kappa shape index (κ3) is 4.29. The molecule has 1 rings (SSSR count). The fourth-order valence-electron chi connectivity index (χ4n) is 1.54. The summed E-state index contributed by atoms with van der Waals surface area (Å²) in [6, 6.07) is 2.90. The molecule has 0 aromatic heterocycles. The van der Waals surface area contributed by atoms with E-state index in [2.05, 4.69) is 5.32 Å². The van der Waals surface area contributed by atoms with Crippen LogP contribution in [0.2, 0.25) is 0 Å². The van der Waals surface area contributed by atoms with Crippen LogP contribution in [0, 0.1) is 15.9 Å². The normalized spacial score (nSPS) is 11.9. The second kappa shape index (κ2) is 6.79. The molecule has 0 saturated heterocycles. The summed E-state index contributed by atoms with van der Waals surface area (Å²) < 4.78 is 13.1. The zero-order valence-electron chi connectivity index (χ0n) is 10.4. The molecule has 0 bridgehead atoms. The molecule has 1 aromatic carbocycles. The number of nitro groups is 1. The topological polar surface area (TPSA) is 92.5 Å². The highest BCUT2D eigenvalue weighted by Gasteiger charge is 2.17. The Balaban J connectivity index is 2.72. The summed E-state index contributed by atoms with van der Waals surface area (Å²) in [5.74, 6) is -1.58. The molecule has 1 atom stereocenters. The van der Waals surface area contributed by atoms with Gasteiger partial charge in [-0.3, -0.25) is 14.9 Å². The number of amides is 1. The van der Waals surface area contributed by atoms with E-state index in [-0.39, 0.29) is 12.1 Å². The van der Waals surface area contributed by atoms with Crippen LogP contribution in [0.4, 0.5) is 10.1 Å². The first-order chi connectivity index (χ1) is 8.95. The molecular weight excluding hydrogens is 255 g/mol. The van der Waals surface area contributed by atoms with E-state index in [9.17, 15) is 24.4 Å². The maximum absolute atomic E-state index is 13.1. The predicted molar refractivity (Wildman–Crippen MR) is 66.3 cm³/mol. The highest BCUT2D eigenvalue weighted by Crippen LogP contribution is 2.18. The molecule has 1 amide bonds. The Labute approximate surface area is 109 Å². The summed E-state index contributed by atoms with van der Waals surface area (Å²) in [5.41, 5.74) is -0.765. The van der Waals surface area contributed by atoms with Gasteiger partial charge in [0.1, 0.15) is 0 Å². The van der Waals surface area contributed by atoms with Gasteiger partial charge in [0.05, 0.1) is 11.0 Å².